The zero-order chi connectivity index (χ0) is 40.2. The smallest absolute Gasteiger partial charge is 0.177 e. The largest absolute Gasteiger partial charge is 0.390 e. The molecule has 2 saturated carbocycles. The third kappa shape index (κ3) is 6.55. The molecule has 8 fully saturated rings. The van der Waals surface area contributed by atoms with Crippen molar-refractivity contribution in [2.24, 2.45) is 28.6 Å². The van der Waals surface area contributed by atoms with Gasteiger partial charge < -0.3 is 72.2 Å². The predicted octanol–water partition coefficient (Wildman–Crippen LogP) is 2.94. The van der Waals surface area contributed by atoms with E-state index < -0.39 is 84.7 Å². The molecule has 6 heterocycles. The van der Waals surface area contributed by atoms with Gasteiger partial charge in [0, 0.05) is 46.5 Å². The Labute approximate surface area is 336 Å². The number of aliphatic hydroxyl groups excluding tert-OH is 2. The van der Waals surface area contributed by atoms with Gasteiger partial charge in [-0.1, -0.05) is 18.6 Å². The first kappa shape index (κ1) is 41.5. The Morgan fingerprint density at radius 1 is 0.737 bits per heavy atom. The molecule has 3 aliphatic carbocycles. The molecule has 22 atom stereocenters. The molecule has 6 aliphatic heterocycles. The number of ether oxygens (including phenoxy) is 12. The minimum atomic E-state index is -1.29. The quantitative estimate of drug-likeness (QED) is 0.290. The van der Waals surface area contributed by atoms with Gasteiger partial charge in [0.25, 0.3) is 0 Å². The highest BCUT2D eigenvalue weighted by Gasteiger charge is 2.80. The van der Waals surface area contributed by atoms with E-state index in [0.29, 0.717) is 51.7 Å². The highest BCUT2D eigenvalue weighted by Crippen LogP contribution is 2.72. The lowest BCUT2D eigenvalue weighted by molar-refractivity contribution is -0.340. The highest BCUT2D eigenvalue weighted by atomic mass is 16.8. The van der Waals surface area contributed by atoms with Crippen LogP contribution in [0.25, 0.3) is 0 Å². The average molecular weight is 811 g/mol. The zero-order valence-corrected chi connectivity index (χ0v) is 34.8. The van der Waals surface area contributed by atoms with Gasteiger partial charge in [-0.25, -0.2) is 0 Å². The predicted molar refractivity (Wildman–Crippen MR) is 198 cm³/mol. The maximum atomic E-state index is 12.5. The summed E-state index contributed by atoms with van der Waals surface area (Å²) in [6, 6.07) is 0. The normalized spacial score (nSPS) is 57.1. The van der Waals surface area contributed by atoms with Gasteiger partial charge in [-0.05, 0) is 71.1 Å². The van der Waals surface area contributed by atoms with E-state index in [9.17, 15) is 15.3 Å². The molecule has 9 rings (SSSR count). The minimum Gasteiger partial charge on any atom is -0.390 e. The number of hydrogen-bond acceptors (Lipinski definition) is 15. The number of fused-ring (bicyclic) bond motifs is 4. The lowest BCUT2D eigenvalue weighted by Crippen LogP contribution is -2.63. The summed E-state index contributed by atoms with van der Waals surface area (Å²) in [4.78, 5) is 0. The summed E-state index contributed by atoms with van der Waals surface area (Å²) in [6.45, 7) is 10.8. The first-order chi connectivity index (χ1) is 27.2. The van der Waals surface area contributed by atoms with Crippen LogP contribution >= 0.6 is 0 Å². The number of methoxy groups -OCH3 is 3. The monoisotopic (exact) mass is 810 g/mol. The Balaban J connectivity index is 0.817. The summed E-state index contributed by atoms with van der Waals surface area (Å²) in [5.74, 6) is -1.92. The van der Waals surface area contributed by atoms with E-state index in [1.54, 1.807) is 28.3 Å². The van der Waals surface area contributed by atoms with Crippen LogP contribution in [0.5, 0.6) is 0 Å². The number of aliphatic hydroxyl groups is 3. The SMILES string of the molecule is COC1CC(OC2C(C)OC(OC3C(C)OC(OC4CC5=CCC6C(CCC78COC9(C)OCC(OC67O)C98)C5(C)CC4O)CC3OC)CC2OC)OC(C)C1O. The number of rotatable bonds is 9. The second-order valence-corrected chi connectivity index (χ2v) is 18.9. The summed E-state index contributed by atoms with van der Waals surface area (Å²) in [7, 11) is 4.89. The molecule has 15 nitrogen and oxygen atoms in total. The van der Waals surface area contributed by atoms with Gasteiger partial charge in [0.05, 0.1) is 79.5 Å². The van der Waals surface area contributed by atoms with Crippen molar-refractivity contribution in [3.8, 4) is 0 Å². The molecular weight excluding hydrogens is 744 g/mol. The van der Waals surface area contributed by atoms with Gasteiger partial charge in [-0.3, -0.25) is 0 Å². The zero-order valence-electron chi connectivity index (χ0n) is 34.8. The Morgan fingerprint density at radius 2 is 1.33 bits per heavy atom. The summed E-state index contributed by atoms with van der Waals surface area (Å²) < 4.78 is 74.6. The van der Waals surface area contributed by atoms with E-state index in [4.69, 9.17) is 56.8 Å². The van der Waals surface area contributed by atoms with Gasteiger partial charge in [0.1, 0.15) is 18.3 Å². The first-order valence-electron chi connectivity index (χ1n) is 21.4. The first-order valence-corrected chi connectivity index (χ1v) is 21.4. The van der Waals surface area contributed by atoms with Gasteiger partial charge in [0.2, 0.25) is 0 Å². The maximum Gasteiger partial charge on any atom is 0.177 e. The molecule has 22 unspecified atom stereocenters. The molecule has 0 aromatic carbocycles. The van der Waals surface area contributed by atoms with Crippen LogP contribution in [-0.2, 0) is 56.8 Å². The summed E-state index contributed by atoms with van der Waals surface area (Å²) in [5.41, 5.74) is 0.499. The molecule has 15 heteroatoms. The van der Waals surface area contributed by atoms with Gasteiger partial charge in [0.15, 0.2) is 30.4 Å². The van der Waals surface area contributed by atoms with E-state index in [0.717, 1.165) is 12.8 Å². The number of allylic oxidation sites excluding steroid dienone is 1. The lowest BCUT2D eigenvalue weighted by atomic mass is 9.47. The molecule has 0 aromatic heterocycles. The van der Waals surface area contributed by atoms with E-state index in [1.165, 1.54) is 5.57 Å². The third-order valence-electron chi connectivity index (χ3n) is 16.0. The maximum absolute atomic E-state index is 12.5. The van der Waals surface area contributed by atoms with E-state index in [-0.39, 0.29) is 47.6 Å². The van der Waals surface area contributed by atoms with Crippen molar-refractivity contribution in [1.29, 1.82) is 0 Å². The second-order valence-electron chi connectivity index (χ2n) is 18.9. The van der Waals surface area contributed by atoms with Crippen LogP contribution < -0.4 is 0 Å². The number of hydrogen-bond donors (Lipinski definition) is 3. The second kappa shape index (κ2) is 15.2. The van der Waals surface area contributed by atoms with Gasteiger partial charge >= 0.3 is 0 Å². The molecule has 1 spiro atoms. The minimum absolute atomic E-state index is 0.0172. The van der Waals surface area contributed by atoms with E-state index >= 15 is 0 Å². The van der Waals surface area contributed by atoms with Crippen LogP contribution in [-0.4, -0.2) is 154 Å². The molecule has 0 radical (unpaired) electrons. The Kier molecular flexibility index (Phi) is 11.1. The van der Waals surface area contributed by atoms with Crippen molar-refractivity contribution >= 4 is 0 Å². The van der Waals surface area contributed by atoms with Crippen molar-refractivity contribution in [3.05, 3.63) is 11.6 Å². The van der Waals surface area contributed by atoms with Gasteiger partial charge in [-0.2, -0.15) is 0 Å². The molecular formula is C42H66O15. The fourth-order valence-electron chi connectivity index (χ4n) is 13.0. The van der Waals surface area contributed by atoms with Crippen LogP contribution in [0.4, 0.5) is 0 Å². The fourth-order valence-corrected chi connectivity index (χ4v) is 13.0. The van der Waals surface area contributed by atoms with Crippen molar-refractivity contribution in [1.82, 2.24) is 0 Å². The summed E-state index contributed by atoms with van der Waals surface area (Å²) in [5, 5.41) is 34.7. The highest BCUT2D eigenvalue weighted by molar-refractivity contribution is 5.30. The lowest BCUT2D eigenvalue weighted by Gasteiger charge is -2.60. The topological polar surface area (TPSA) is 171 Å². The standard InChI is InChI=1S/C42H66O15/c1-20-35(44)28(46-6)14-33(51-20)55-37-22(3)53-34(16-30(37)48-8)56-36-21(2)52-32(15-29(36)47-7)54-27-13-23-9-10-25-24(39(23,4)17-26(27)43)11-12-41-19-50-40(5)38(41)31(18-49-40)57-42(25,41)45/h9,20-22,24-38,43-45H,10-19H2,1-8H3. The van der Waals surface area contributed by atoms with Gasteiger partial charge in [-0.15, -0.1) is 0 Å². The molecule has 3 N–H and O–H groups in total. The Hall–Kier alpha value is -0.860. The van der Waals surface area contributed by atoms with Crippen molar-refractivity contribution < 1.29 is 72.2 Å². The van der Waals surface area contributed by atoms with Crippen LogP contribution in [0.3, 0.4) is 0 Å². The van der Waals surface area contributed by atoms with Crippen molar-refractivity contribution in [2.75, 3.05) is 34.5 Å². The molecule has 0 amide bonds. The molecule has 0 bridgehead atoms. The van der Waals surface area contributed by atoms with E-state index in [2.05, 4.69) is 13.0 Å². The Morgan fingerprint density at radius 3 is 1.96 bits per heavy atom. The van der Waals surface area contributed by atoms with E-state index in [1.807, 2.05) is 20.8 Å². The molecule has 324 valence electrons. The van der Waals surface area contributed by atoms with Crippen LogP contribution in [0.1, 0.15) is 86.0 Å². The summed E-state index contributed by atoms with van der Waals surface area (Å²) >= 11 is 0. The average Bonchev–Trinajstić information content (AvgIpc) is 3.77. The molecule has 57 heavy (non-hydrogen) atoms. The Bertz CT molecular complexity index is 1500. The molecule has 6 saturated heterocycles. The van der Waals surface area contributed by atoms with Crippen LogP contribution in [0, 0.1) is 28.6 Å². The molecule has 0 aromatic rings. The van der Waals surface area contributed by atoms with Crippen LogP contribution in [0.15, 0.2) is 11.6 Å². The van der Waals surface area contributed by atoms with Crippen molar-refractivity contribution in [2.45, 2.75) is 190 Å². The summed E-state index contributed by atoms with van der Waals surface area (Å²) in [6.07, 6.45) is 0.0420. The fraction of sp³-hybridized carbons (Fsp3) is 0.952. The molecule has 9 aliphatic rings. The van der Waals surface area contributed by atoms with Crippen molar-refractivity contribution in [3.63, 3.8) is 0 Å². The third-order valence-corrected chi connectivity index (χ3v) is 16.0. The van der Waals surface area contributed by atoms with Crippen LogP contribution in [0.2, 0.25) is 0 Å².